The summed E-state index contributed by atoms with van der Waals surface area (Å²) >= 11 is 0. The Morgan fingerprint density at radius 3 is 2.67 bits per heavy atom. The smallest absolute Gasteiger partial charge is 0.228 e. The highest BCUT2D eigenvalue weighted by atomic mass is 16.5. The van der Waals surface area contributed by atoms with Crippen LogP contribution in [-0.4, -0.2) is 46.9 Å². The predicted octanol–water partition coefficient (Wildman–Crippen LogP) is 2.74. The number of amides is 2. The first-order valence-corrected chi connectivity index (χ1v) is 11.0. The van der Waals surface area contributed by atoms with E-state index in [4.69, 9.17) is 9.47 Å². The zero-order chi connectivity index (χ0) is 23.4. The van der Waals surface area contributed by atoms with Crippen LogP contribution in [0.2, 0.25) is 0 Å². The molecule has 33 heavy (non-hydrogen) atoms. The zero-order valence-corrected chi connectivity index (χ0v) is 19.2. The van der Waals surface area contributed by atoms with E-state index in [1.807, 2.05) is 46.8 Å². The standard InChI is InChI=1S/C24H29N5O4/c1-27-11-4-6-20(27)19-15-23-28(12-5-13-29(23)26-19)24(31)10-9-22(30)25-16-17-14-18(32-2)7-8-21(17)33-3/h4,6-8,11,14-15H,5,9-10,12-13,16H2,1-3H3,(H,25,30). The van der Waals surface area contributed by atoms with Crippen LogP contribution in [0.3, 0.4) is 0 Å². The van der Waals surface area contributed by atoms with E-state index in [-0.39, 0.29) is 24.7 Å². The third kappa shape index (κ3) is 4.87. The molecule has 1 aromatic carbocycles. The maximum Gasteiger partial charge on any atom is 0.228 e. The summed E-state index contributed by atoms with van der Waals surface area (Å²) in [5.74, 6) is 1.87. The molecule has 0 radical (unpaired) electrons. The van der Waals surface area contributed by atoms with Crippen molar-refractivity contribution >= 4 is 17.6 Å². The van der Waals surface area contributed by atoms with Gasteiger partial charge in [-0.2, -0.15) is 5.10 Å². The van der Waals surface area contributed by atoms with Gasteiger partial charge >= 0.3 is 0 Å². The van der Waals surface area contributed by atoms with E-state index >= 15 is 0 Å². The normalized spacial score (nSPS) is 12.9. The predicted molar refractivity (Wildman–Crippen MR) is 124 cm³/mol. The van der Waals surface area contributed by atoms with Crippen LogP contribution >= 0.6 is 0 Å². The van der Waals surface area contributed by atoms with Crippen molar-refractivity contribution in [1.82, 2.24) is 19.7 Å². The Bertz CT molecular complexity index is 1150. The second-order valence-corrected chi connectivity index (χ2v) is 7.97. The maximum absolute atomic E-state index is 12.9. The molecule has 0 fully saturated rings. The first-order valence-electron chi connectivity index (χ1n) is 11.0. The molecular weight excluding hydrogens is 422 g/mol. The van der Waals surface area contributed by atoms with Gasteiger partial charge in [-0.15, -0.1) is 0 Å². The summed E-state index contributed by atoms with van der Waals surface area (Å²) in [6.45, 7) is 1.69. The number of rotatable bonds is 8. The second kappa shape index (κ2) is 9.81. The Kier molecular flexibility index (Phi) is 6.67. The number of methoxy groups -OCH3 is 2. The number of carbonyl (C=O) groups excluding carboxylic acids is 2. The number of aromatic nitrogens is 3. The van der Waals surface area contributed by atoms with E-state index in [1.54, 1.807) is 31.3 Å². The van der Waals surface area contributed by atoms with E-state index in [2.05, 4.69) is 10.4 Å². The molecule has 3 heterocycles. The molecule has 0 spiro atoms. The summed E-state index contributed by atoms with van der Waals surface area (Å²) in [7, 11) is 5.14. The fourth-order valence-corrected chi connectivity index (χ4v) is 4.04. The van der Waals surface area contributed by atoms with Crippen LogP contribution in [0.15, 0.2) is 42.6 Å². The number of benzene rings is 1. The van der Waals surface area contributed by atoms with Crippen LogP contribution < -0.4 is 19.7 Å². The summed E-state index contributed by atoms with van der Waals surface area (Å²) in [5.41, 5.74) is 2.64. The third-order valence-electron chi connectivity index (χ3n) is 5.82. The van der Waals surface area contributed by atoms with Gasteiger partial charge in [0.2, 0.25) is 11.8 Å². The number of ether oxygens (including phenoxy) is 2. The third-order valence-corrected chi connectivity index (χ3v) is 5.82. The number of nitrogens with zero attached hydrogens (tertiary/aromatic N) is 4. The van der Waals surface area contributed by atoms with Gasteiger partial charge in [0.05, 0.1) is 19.9 Å². The summed E-state index contributed by atoms with van der Waals surface area (Å²) in [6, 6.07) is 11.3. The molecule has 1 aliphatic rings. The Morgan fingerprint density at radius 2 is 1.94 bits per heavy atom. The van der Waals surface area contributed by atoms with Crippen LogP contribution in [0.5, 0.6) is 11.5 Å². The van der Waals surface area contributed by atoms with Crippen molar-refractivity contribution in [1.29, 1.82) is 0 Å². The van der Waals surface area contributed by atoms with Gasteiger partial charge in [-0.3, -0.25) is 14.5 Å². The fourth-order valence-electron chi connectivity index (χ4n) is 4.04. The number of carbonyl (C=O) groups is 2. The number of aryl methyl sites for hydroxylation is 2. The minimum Gasteiger partial charge on any atom is -0.497 e. The van der Waals surface area contributed by atoms with Gasteiger partial charge in [-0.25, -0.2) is 4.68 Å². The number of fused-ring (bicyclic) bond motifs is 1. The molecular formula is C24H29N5O4. The SMILES string of the molecule is COc1ccc(OC)c(CNC(=O)CCC(=O)N2CCCn3nc(-c4cccn4C)cc32)c1. The van der Waals surface area contributed by atoms with E-state index in [1.165, 1.54) is 0 Å². The van der Waals surface area contributed by atoms with Crippen molar-refractivity contribution in [3.8, 4) is 22.9 Å². The van der Waals surface area contributed by atoms with Gasteiger partial charge < -0.3 is 19.4 Å². The van der Waals surface area contributed by atoms with Crippen LogP contribution in [0.25, 0.3) is 11.4 Å². The summed E-state index contributed by atoms with van der Waals surface area (Å²) in [5, 5.41) is 7.54. The van der Waals surface area contributed by atoms with Crippen LogP contribution in [-0.2, 0) is 29.7 Å². The molecule has 9 heteroatoms. The first kappa shape index (κ1) is 22.4. The highest BCUT2D eigenvalue weighted by Crippen LogP contribution is 2.28. The molecule has 0 bridgehead atoms. The molecule has 174 valence electrons. The van der Waals surface area contributed by atoms with Crippen molar-refractivity contribution < 1.29 is 19.1 Å². The van der Waals surface area contributed by atoms with Crippen LogP contribution in [0.4, 0.5) is 5.82 Å². The molecule has 0 saturated carbocycles. The first-order chi connectivity index (χ1) is 16.0. The molecule has 0 aliphatic carbocycles. The summed E-state index contributed by atoms with van der Waals surface area (Å²) in [6.07, 6.45) is 3.04. The van der Waals surface area contributed by atoms with E-state index in [9.17, 15) is 9.59 Å². The average Bonchev–Trinajstić information content (AvgIpc) is 3.46. The van der Waals surface area contributed by atoms with E-state index < -0.39 is 0 Å². The lowest BCUT2D eigenvalue weighted by Gasteiger charge is -2.27. The van der Waals surface area contributed by atoms with Gasteiger partial charge in [0, 0.05) is 57.4 Å². The lowest BCUT2D eigenvalue weighted by molar-refractivity contribution is -0.125. The quantitative estimate of drug-likeness (QED) is 0.569. The number of anilines is 1. The number of hydrogen-bond donors (Lipinski definition) is 1. The Labute approximate surface area is 192 Å². The molecule has 4 rings (SSSR count). The van der Waals surface area contributed by atoms with Crippen molar-refractivity contribution in [2.45, 2.75) is 32.4 Å². The summed E-state index contributed by atoms with van der Waals surface area (Å²) in [4.78, 5) is 27.1. The van der Waals surface area contributed by atoms with Crippen molar-refractivity contribution in [3.05, 3.63) is 48.2 Å². The minimum atomic E-state index is -0.191. The van der Waals surface area contributed by atoms with Crippen molar-refractivity contribution in [2.75, 3.05) is 25.7 Å². The molecule has 1 aliphatic heterocycles. The molecule has 2 aromatic heterocycles. The Hall–Kier alpha value is -3.75. The number of nitrogens with one attached hydrogen (secondary N) is 1. The van der Waals surface area contributed by atoms with Crippen LogP contribution in [0, 0.1) is 0 Å². The van der Waals surface area contributed by atoms with Gasteiger partial charge in [0.1, 0.15) is 23.0 Å². The molecule has 1 N–H and O–H groups in total. The lowest BCUT2D eigenvalue weighted by atomic mass is 10.1. The largest absolute Gasteiger partial charge is 0.497 e. The Morgan fingerprint density at radius 1 is 1.09 bits per heavy atom. The molecule has 0 saturated heterocycles. The maximum atomic E-state index is 12.9. The minimum absolute atomic E-state index is 0.0802. The zero-order valence-electron chi connectivity index (χ0n) is 19.2. The van der Waals surface area contributed by atoms with E-state index in [0.717, 1.165) is 35.7 Å². The topological polar surface area (TPSA) is 90.6 Å². The molecule has 9 nitrogen and oxygen atoms in total. The van der Waals surface area contributed by atoms with Crippen molar-refractivity contribution in [3.63, 3.8) is 0 Å². The van der Waals surface area contributed by atoms with E-state index in [0.29, 0.717) is 24.6 Å². The monoisotopic (exact) mass is 451 g/mol. The molecule has 2 amide bonds. The van der Waals surface area contributed by atoms with Crippen molar-refractivity contribution in [2.24, 2.45) is 7.05 Å². The highest BCUT2D eigenvalue weighted by Gasteiger charge is 2.25. The van der Waals surface area contributed by atoms with Gasteiger partial charge in [0.15, 0.2) is 0 Å². The lowest BCUT2D eigenvalue weighted by Crippen LogP contribution is -2.38. The van der Waals surface area contributed by atoms with Crippen LogP contribution in [0.1, 0.15) is 24.8 Å². The number of hydrogen-bond acceptors (Lipinski definition) is 5. The molecule has 0 atom stereocenters. The Balaban J connectivity index is 1.36. The average molecular weight is 452 g/mol. The highest BCUT2D eigenvalue weighted by molar-refractivity contribution is 5.95. The second-order valence-electron chi connectivity index (χ2n) is 7.97. The van der Waals surface area contributed by atoms with Gasteiger partial charge in [-0.05, 0) is 36.8 Å². The molecule has 3 aromatic rings. The molecule has 0 unspecified atom stereocenters. The summed E-state index contributed by atoms with van der Waals surface area (Å²) < 4.78 is 14.5. The fraction of sp³-hybridized carbons (Fsp3) is 0.375. The van der Waals surface area contributed by atoms with Gasteiger partial charge in [0.25, 0.3) is 0 Å². The van der Waals surface area contributed by atoms with Gasteiger partial charge in [-0.1, -0.05) is 0 Å².